The molecule has 0 fully saturated rings. The summed E-state index contributed by atoms with van der Waals surface area (Å²) in [5.74, 6) is -2.45. The number of benzene rings is 2. The predicted molar refractivity (Wildman–Crippen MR) is 125 cm³/mol. The third-order valence-electron chi connectivity index (χ3n) is 6.44. The molecule has 2 aromatic carbocycles. The molecule has 202 valence electrons. The minimum atomic E-state index is -4.90. The second-order valence-corrected chi connectivity index (χ2v) is 9.19. The molecule has 0 bridgehead atoms. The number of aromatic nitrogens is 2. The molecule has 38 heavy (non-hydrogen) atoms. The first kappa shape index (κ1) is 27.2. The van der Waals surface area contributed by atoms with Crippen LogP contribution in [0.1, 0.15) is 68.8 Å². The van der Waals surface area contributed by atoms with Crippen LogP contribution in [0.3, 0.4) is 0 Å². The molecular weight excluding hydrogens is 516 g/mol. The lowest BCUT2D eigenvalue weighted by Gasteiger charge is -2.30. The van der Waals surface area contributed by atoms with Crippen molar-refractivity contribution >= 4 is 17.6 Å². The number of ketones is 1. The Labute approximate surface area is 213 Å². The van der Waals surface area contributed by atoms with Gasteiger partial charge < -0.3 is 10.0 Å². The minimum absolute atomic E-state index is 0.00634. The van der Waals surface area contributed by atoms with Crippen LogP contribution in [0.4, 0.5) is 32.2 Å². The summed E-state index contributed by atoms with van der Waals surface area (Å²) in [6.45, 7) is 2.09. The number of Topliss-reactive ketones (excluding diaryl/α,β-unsaturated/α-hetero) is 1. The van der Waals surface area contributed by atoms with E-state index in [1.165, 1.54) is 41.3 Å². The van der Waals surface area contributed by atoms with Crippen molar-refractivity contribution < 1.29 is 41.0 Å². The van der Waals surface area contributed by atoms with Gasteiger partial charge in [0.15, 0.2) is 11.5 Å². The normalized spacial score (nSPS) is 14.8. The van der Waals surface area contributed by atoms with E-state index < -0.39 is 46.8 Å². The lowest BCUT2D eigenvalue weighted by Crippen LogP contribution is -2.33. The average molecular weight is 539 g/mol. The van der Waals surface area contributed by atoms with E-state index in [0.29, 0.717) is 17.5 Å². The van der Waals surface area contributed by atoms with E-state index in [9.17, 15) is 35.9 Å². The topological polar surface area (TPSA) is 75.4 Å². The minimum Gasteiger partial charge on any atom is -0.478 e. The number of hydrogen-bond acceptors (Lipinski definition) is 4. The van der Waals surface area contributed by atoms with Crippen LogP contribution in [0.15, 0.2) is 48.5 Å². The first-order valence-corrected chi connectivity index (χ1v) is 11.7. The van der Waals surface area contributed by atoms with Gasteiger partial charge in [0.25, 0.3) is 0 Å². The van der Waals surface area contributed by atoms with Gasteiger partial charge in [0, 0.05) is 26.1 Å². The first-order chi connectivity index (χ1) is 17.8. The van der Waals surface area contributed by atoms with E-state index in [-0.39, 0.29) is 37.4 Å². The fourth-order valence-corrected chi connectivity index (χ4v) is 4.53. The summed E-state index contributed by atoms with van der Waals surface area (Å²) < 4.78 is 81.8. The average Bonchev–Trinajstić information content (AvgIpc) is 3.25. The standard InChI is InChI=1S/C26H23F6N3O3/c1-15(17-5-7-18(8-6-17)24(37)38)13-20(36)21-22(26(30,31)32)33-35-12-2-11-34(23(21)35)14-16-3-9-19(10-4-16)25(27,28)29/h3-10,15H,2,11-14H2,1H3,(H,37,38)/t15-/m1/s1. The van der Waals surface area contributed by atoms with Crippen LogP contribution < -0.4 is 4.90 Å². The van der Waals surface area contributed by atoms with Crippen molar-refractivity contribution in [2.45, 2.75) is 51.1 Å². The number of fused-ring (bicyclic) bond motifs is 1. The van der Waals surface area contributed by atoms with Crippen LogP contribution in [0, 0.1) is 0 Å². The van der Waals surface area contributed by atoms with Crippen molar-refractivity contribution in [1.29, 1.82) is 0 Å². The molecule has 4 rings (SSSR count). The van der Waals surface area contributed by atoms with Crippen LogP contribution >= 0.6 is 0 Å². The number of aryl methyl sites for hydroxylation is 1. The molecule has 0 amide bonds. The molecular formula is C26H23F6N3O3. The molecule has 0 spiro atoms. The number of carboxylic acid groups (broad SMARTS) is 1. The molecule has 0 aliphatic carbocycles. The van der Waals surface area contributed by atoms with Crippen molar-refractivity contribution in [3.63, 3.8) is 0 Å². The third kappa shape index (κ3) is 5.68. The van der Waals surface area contributed by atoms with Gasteiger partial charge in [-0.05, 0) is 47.7 Å². The number of anilines is 1. The van der Waals surface area contributed by atoms with Gasteiger partial charge in [0.2, 0.25) is 0 Å². The van der Waals surface area contributed by atoms with Gasteiger partial charge in [0.1, 0.15) is 5.82 Å². The molecule has 12 heteroatoms. The van der Waals surface area contributed by atoms with Gasteiger partial charge in [-0.15, -0.1) is 0 Å². The van der Waals surface area contributed by atoms with E-state index >= 15 is 0 Å². The molecule has 1 aliphatic rings. The summed E-state index contributed by atoms with van der Waals surface area (Å²) in [4.78, 5) is 26.0. The van der Waals surface area contributed by atoms with Crippen LogP contribution in [0.2, 0.25) is 0 Å². The molecule has 1 atom stereocenters. The molecule has 0 unspecified atom stereocenters. The summed E-state index contributed by atoms with van der Waals surface area (Å²) in [5, 5.41) is 12.8. The van der Waals surface area contributed by atoms with Crippen molar-refractivity contribution in [3.05, 3.63) is 82.0 Å². The summed E-state index contributed by atoms with van der Waals surface area (Å²) >= 11 is 0. The summed E-state index contributed by atoms with van der Waals surface area (Å²) in [6.07, 6.45) is -9.27. The number of nitrogens with zero attached hydrogens (tertiary/aromatic N) is 3. The van der Waals surface area contributed by atoms with Gasteiger partial charge in [-0.3, -0.25) is 4.79 Å². The smallest absolute Gasteiger partial charge is 0.435 e. The third-order valence-corrected chi connectivity index (χ3v) is 6.44. The quantitative estimate of drug-likeness (QED) is 0.278. The predicted octanol–water partition coefficient (Wildman–Crippen LogP) is 6.41. The monoisotopic (exact) mass is 539 g/mol. The Bertz CT molecular complexity index is 1330. The van der Waals surface area contributed by atoms with Crippen molar-refractivity contribution in [3.8, 4) is 0 Å². The zero-order valence-electron chi connectivity index (χ0n) is 20.1. The number of carbonyl (C=O) groups excluding carboxylic acids is 1. The van der Waals surface area contributed by atoms with E-state index in [1.54, 1.807) is 6.92 Å². The summed E-state index contributed by atoms with van der Waals surface area (Å²) in [6, 6.07) is 10.1. The lowest BCUT2D eigenvalue weighted by atomic mass is 9.92. The van der Waals surface area contributed by atoms with E-state index in [1.807, 2.05) is 0 Å². The highest BCUT2D eigenvalue weighted by molar-refractivity contribution is 6.02. The van der Waals surface area contributed by atoms with Crippen LogP contribution in [-0.4, -0.2) is 33.2 Å². The highest BCUT2D eigenvalue weighted by Gasteiger charge is 2.43. The van der Waals surface area contributed by atoms with Gasteiger partial charge in [0.05, 0.1) is 16.7 Å². The zero-order valence-corrected chi connectivity index (χ0v) is 20.1. The Balaban J connectivity index is 1.65. The molecule has 0 radical (unpaired) electrons. The van der Waals surface area contributed by atoms with Crippen molar-refractivity contribution in [1.82, 2.24) is 9.78 Å². The second-order valence-electron chi connectivity index (χ2n) is 9.19. The van der Waals surface area contributed by atoms with Gasteiger partial charge in [-0.25, -0.2) is 9.48 Å². The molecule has 1 N–H and O–H groups in total. The van der Waals surface area contributed by atoms with Crippen LogP contribution in [0.25, 0.3) is 0 Å². The second kappa shape index (κ2) is 10.1. The Morgan fingerprint density at radius 3 is 2.13 bits per heavy atom. The maximum Gasteiger partial charge on any atom is 0.435 e. The maximum absolute atomic E-state index is 14.0. The highest BCUT2D eigenvalue weighted by atomic mass is 19.4. The zero-order chi connectivity index (χ0) is 27.8. The largest absolute Gasteiger partial charge is 0.478 e. The van der Waals surface area contributed by atoms with E-state index in [4.69, 9.17) is 5.11 Å². The highest BCUT2D eigenvalue weighted by Crippen LogP contribution is 2.40. The Kier molecular flexibility index (Phi) is 7.26. The molecule has 2 heterocycles. The van der Waals surface area contributed by atoms with Crippen molar-refractivity contribution in [2.24, 2.45) is 0 Å². The number of carbonyl (C=O) groups is 2. The van der Waals surface area contributed by atoms with E-state index in [2.05, 4.69) is 5.10 Å². The van der Waals surface area contributed by atoms with E-state index in [0.717, 1.165) is 16.8 Å². The van der Waals surface area contributed by atoms with Gasteiger partial charge in [-0.2, -0.15) is 31.4 Å². The Morgan fingerprint density at radius 1 is 0.947 bits per heavy atom. The van der Waals surface area contributed by atoms with Gasteiger partial charge in [-0.1, -0.05) is 31.2 Å². The first-order valence-electron chi connectivity index (χ1n) is 11.7. The summed E-state index contributed by atoms with van der Waals surface area (Å²) in [7, 11) is 0. The number of alkyl halides is 6. The number of hydrogen-bond donors (Lipinski definition) is 1. The lowest BCUT2D eigenvalue weighted by molar-refractivity contribution is -0.142. The Hall–Kier alpha value is -3.83. The van der Waals surface area contributed by atoms with Crippen molar-refractivity contribution in [2.75, 3.05) is 11.4 Å². The SMILES string of the molecule is C[C@H](CC(=O)c1c(C(F)(F)F)nn2c1N(Cc1ccc(C(F)(F)F)cc1)CCC2)c1ccc(C(=O)O)cc1. The number of rotatable bonds is 7. The molecule has 3 aromatic rings. The number of halogens is 6. The fourth-order valence-electron chi connectivity index (χ4n) is 4.53. The summed E-state index contributed by atoms with van der Waals surface area (Å²) in [5.41, 5.74) is -1.66. The molecule has 0 saturated carbocycles. The Morgan fingerprint density at radius 2 is 1.58 bits per heavy atom. The maximum atomic E-state index is 14.0. The van der Waals surface area contributed by atoms with Crippen LogP contribution in [0.5, 0.6) is 0 Å². The number of aromatic carboxylic acids is 1. The number of carboxylic acids is 1. The molecule has 0 saturated heterocycles. The molecule has 1 aliphatic heterocycles. The van der Waals surface area contributed by atoms with Gasteiger partial charge >= 0.3 is 18.3 Å². The fraction of sp³-hybridized carbons (Fsp3) is 0.346. The molecule has 1 aromatic heterocycles. The van der Waals surface area contributed by atoms with Crippen LogP contribution in [-0.2, 0) is 25.4 Å². The molecule has 6 nitrogen and oxygen atoms in total.